The molecule has 0 aromatic rings. The Kier molecular flexibility index (Phi) is 38.9. The van der Waals surface area contributed by atoms with Crippen molar-refractivity contribution in [2.75, 3.05) is 47.6 Å². The second kappa shape index (κ2) is 40.9. The van der Waals surface area contributed by atoms with Gasteiger partial charge in [-0.2, -0.15) is 0 Å². The zero-order valence-electron chi connectivity index (χ0n) is 36.3. The molecule has 0 rings (SSSR count). The maximum atomic E-state index is 12.7. The van der Waals surface area contributed by atoms with Crippen LogP contribution in [0.1, 0.15) is 181 Å². The average Bonchev–Trinajstić information content (AvgIpc) is 3.12. The molecular formula is C47H84N2O6. The van der Waals surface area contributed by atoms with E-state index in [-0.39, 0.29) is 24.0 Å². The van der Waals surface area contributed by atoms with Crippen molar-refractivity contribution < 1.29 is 28.6 Å². The summed E-state index contributed by atoms with van der Waals surface area (Å²) in [4.78, 5) is 38.3. The quantitative estimate of drug-likeness (QED) is 0.0201. The molecule has 0 aliphatic rings. The molecule has 0 aromatic carbocycles. The Balaban J connectivity index is 4.06. The molecule has 0 aliphatic heterocycles. The van der Waals surface area contributed by atoms with Crippen LogP contribution in [0.5, 0.6) is 0 Å². The molecule has 0 aliphatic carbocycles. The predicted molar refractivity (Wildman–Crippen MR) is 231 cm³/mol. The highest BCUT2D eigenvalue weighted by molar-refractivity contribution is 5.71. The number of esters is 3. The number of carbonyl (C=O) groups is 3. The molecule has 8 heteroatoms. The summed E-state index contributed by atoms with van der Waals surface area (Å²) < 4.78 is 16.0. The number of hydrogen-bond acceptors (Lipinski definition) is 8. The Morgan fingerprint density at radius 1 is 0.473 bits per heavy atom. The van der Waals surface area contributed by atoms with Gasteiger partial charge in [0.05, 0.1) is 26.4 Å². The van der Waals surface area contributed by atoms with Crippen LogP contribution in [0.2, 0.25) is 0 Å². The minimum Gasteiger partial charge on any atom is -0.466 e. The van der Waals surface area contributed by atoms with E-state index in [9.17, 15) is 14.4 Å². The van der Waals surface area contributed by atoms with Gasteiger partial charge in [0.2, 0.25) is 0 Å². The largest absolute Gasteiger partial charge is 0.466 e. The monoisotopic (exact) mass is 773 g/mol. The number of likely N-dealkylation sites (N-methyl/N-ethyl adjacent to an activating group) is 1. The van der Waals surface area contributed by atoms with Crippen molar-refractivity contribution in [1.29, 1.82) is 0 Å². The average molecular weight is 773 g/mol. The SMILES string of the molecule is CC(=O)OCCCCC/C=C\C/C=C\CCCCCCCCC(CCCCCCCC/C=C\C/C=C\CCCCCOC(C)=O)OC(=O)CN(C)CN(C)C. The molecule has 0 atom stereocenters. The zero-order chi connectivity index (χ0) is 40.5. The third kappa shape index (κ3) is 43.9. The minimum atomic E-state index is -0.189. The van der Waals surface area contributed by atoms with Gasteiger partial charge in [0.1, 0.15) is 6.10 Å². The molecule has 0 aromatic heterocycles. The highest BCUT2D eigenvalue weighted by Gasteiger charge is 2.16. The standard InChI is InChI=1S/C47H84N2O6/c1-44(50)53-40-36-32-28-24-20-16-12-8-6-10-14-18-22-26-30-34-38-46(55-47(52)42-49(5)43-48(3)4)39-35-31-27-23-19-15-11-7-9-13-17-21-25-29-33-37-41-54-45(2)51/h6-9,16-17,20-21,46H,10-15,18-19,22-43H2,1-5H3/b8-6-,9-7-,20-16-,21-17-. The van der Waals surface area contributed by atoms with Crippen molar-refractivity contribution in [2.45, 2.75) is 187 Å². The van der Waals surface area contributed by atoms with Crippen molar-refractivity contribution in [2.24, 2.45) is 0 Å². The van der Waals surface area contributed by atoms with E-state index in [1.807, 2.05) is 26.0 Å². The van der Waals surface area contributed by atoms with Crippen molar-refractivity contribution in [3.63, 3.8) is 0 Å². The number of carbonyl (C=O) groups excluding carboxylic acids is 3. The van der Waals surface area contributed by atoms with Gasteiger partial charge in [0.15, 0.2) is 0 Å². The van der Waals surface area contributed by atoms with E-state index in [0.29, 0.717) is 19.8 Å². The zero-order valence-corrected chi connectivity index (χ0v) is 36.3. The third-order valence-electron chi connectivity index (χ3n) is 9.37. The maximum Gasteiger partial charge on any atom is 0.320 e. The summed E-state index contributed by atoms with van der Waals surface area (Å²) in [6.45, 7) is 5.08. The highest BCUT2D eigenvalue weighted by atomic mass is 16.5. The molecule has 318 valence electrons. The van der Waals surface area contributed by atoms with E-state index >= 15 is 0 Å². The first-order chi connectivity index (χ1) is 26.7. The molecular weight excluding hydrogens is 689 g/mol. The van der Waals surface area contributed by atoms with Crippen LogP contribution in [-0.2, 0) is 28.6 Å². The minimum absolute atomic E-state index is 0.0401. The molecule has 0 saturated heterocycles. The first-order valence-corrected chi connectivity index (χ1v) is 22.1. The Hall–Kier alpha value is -2.71. The number of unbranched alkanes of at least 4 members (excludes halogenated alkanes) is 18. The smallest absolute Gasteiger partial charge is 0.320 e. The summed E-state index contributed by atoms with van der Waals surface area (Å²) in [5, 5.41) is 0. The first kappa shape index (κ1) is 52.3. The number of hydrogen-bond donors (Lipinski definition) is 0. The lowest BCUT2D eigenvalue weighted by Gasteiger charge is -2.23. The van der Waals surface area contributed by atoms with Gasteiger partial charge in [-0.05, 0) is 137 Å². The maximum absolute atomic E-state index is 12.7. The fraction of sp³-hybridized carbons (Fsp3) is 0.766. The van der Waals surface area contributed by atoms with Gasteiger partial charge < -0.3 is 14.2 Å². The fourth-order valence-corrected chi connectivity index (χ4v) is 6.45. The van der Waals surface area contributed by atoms with E-state index < -0.39 is 0 Å². The van der Waals surface area contributed by atoms with E-state index in [4.69, 9.17) is 14.2 Å². The normalized spacial score (nSPS) is 12.1. The van der Waals surface area contributed by atoms with Crippen LogP contribution < -0.4 is 0 Å². The number of nitrogens with zero attached hydrogens (tertiary/aromatic N) is 2. The molecule has 0 radical (unpaired) electrons. The van der Waals surface area contributed by atoms with Gasteiger partial charge in [0.25, 0.3) is 0 Å². The van der Waals surface area contributed by atoms with Gasteiger partial charge in [-0.1, -0.05) is 100.0 Å². The molecule has 0 spiro atoms. The number of rotatable bonds is 39. The molecule has 0 bridgehead atoms. The molecule has 0 unspecified atom stereocenters. The van der Waals surface area contributed by atoms with Crippen molar-refractivity contribution in [1.82, 2.24) is 9.80 Å². The van der Waals surface area contributed by atoms with Crippen LogP contribution in [0.4, 0.5) is 0 Å². The van der Waals surface area contributed by atoms with Crippen LogP contribution in [0.25, 0.3) is 0 Å². The van der Waals surface area contributed by atoms with E-state index in [0.717, 1.165) is 109 Å². The van der Waals surface area contributed by atoms with Gasteiger partial charge in [-0.25, -0.2) is 0 Å². The molecule has 8 nitrogen and oxygen atoms in total. The highest BCUT2D eigenvalue weighted by Crippen LogP contribution is 2.18. The Morgan fingerprint density at radius 3 is 1.18 bits per heavy atom. The van der Waals surface area contributed by atoms with E-state index in [1.54, 1.807) is 0 Å². The van der Waals surface area contributed by atoms with Gasteiger partial charge >= 0.3 is 17.9 Å². The van der Waals surface area contributed by atoms with Gasteiger partial charge in [-0.3, -0.25) is 24.2 Å². The molecule has 0 amide bonds. The van der Waals surface area contributed by atoms with Crippen LogP contribution in [0.3, 0.4) is 0 Å². The summed E-state index contributed by atoms with van der Waals surface area (Å²) >= 11 is 0. The van der Waals surface area contributed by atoms with Crippen LogP contribution >= 0.6 is 0 Å². The van der Waals surface area contributed by atoms with E-state index in [1.165, 1.54) is 78.1 Å². The summed E-state index contributed by atoms with van der Waals surface area (Å²) in [7, 11) is 6.00. The summed E-state index contributed by atoms with van der Waals surface area (Å²) in [6, 6.07) is 0. The van der Waals surface area contributed by atoms with Gasteiger partial charge in [0, 0.05) is 13.8 Å². The fourth-order valence-electron chi connectivity index (χ4n) is 6.45. The number of allylic oxidation sites excluding steroid dienone is 8. The Bertz CT molecular complexity index is 957. The summed E-state index contributed by atoms with van der Waals surface area (Å²) in [5.74, 6) is -0.473. The Labute approximate surface area is 338 Å². The predicted octanol–water partition coefficient (Wildman–Crippen LogP) is 11.8. The second-order valence-electron chi connectivity index (χ2n) is 15.5. The van der Waals surface area contributed by atoms with Crippen LogP contribution in [-0.4, -0.2) is 81.4 Å². The topological polar surface area (TPSA) is 85.4 Å². The third-order valence-corrected chi connectivity index (χ3v) is 9.37. The van der Waals surface area contributed by atoms with Crippen molar-refractivity contribution in [3.05, 3.63) is 48.6 Å². The summed E-state index contributed by atoms with van der Waals surface area (Å²) in [6.07, 6.45) is 47.9. The Morgan fingerprint density at radius 2 is 0.818 bits per heavy atom. The van der Waals surface area contributed by atoms with Crippen molar-refractivity contribution in [3.8, 4) is 0 Å². The molecule has 0 fully saturated rings. The summed E-state index contributed by atoms with van der Waals surface area (Å²) in [5.41, 5.74) is 0. The molecule has 0 N–H and O–H groups in total. The molecule has 0 heterocycles. The lowest BCUT2D eigenvalue weighted by Crippen LogP contribution is -2.36. The van der Waals surface area contributed by atoms with E-state index in [2.05, 4.69) is 53.5 Å². The number of ether oxygens (including phenoxy) is 3. The second-order valence-corrected chi connectivity index (χ2v) is 15.5. The molecule has 55 heavy (non-hydrogen) atoms. The lowest BCUT2D eigenvalue weighted by molar-refractivity contribution is -0.151. The van der Waals surface area contributed by atoms with Crippen LogP contribution in [0, 0.1) is 0 Å². The first-order valence-electron chi connectivity index (χ1n) is 22.1. The lowest BCUT2D eigenvalue weighted by atomic mass is 10.0. The van der Waals surface area contributed by atoms with Gasteiger partial charge in [-0.15, -0.1) is 0 Å². The molecule has 0 saturated carbocycles. The van der Waals surface area contributed by atoms with Crippen LogP contribution in [0.15, 0.2) is 48.6 Å². The van der Waals surface area contributed by atoms with Crippen molar-refractivity contribution >= 4 is 17.9 Å².